The molecule has 0 saturated heterocycles. The van der Waals surface area contributed by atoms with Crippen LogP contribution in [0.25, 0.3) is 6.08 Å². The van der Waals surface area contributed by atoms with Crippen molar-refractivity contribution in [1.29, 1.82) is 5.26 Å². The quantitative estimate of drug-likeness (QED) is 0.523. The van der Waals surface area contributed by atoms with Gasteiger partial charge in [-0.15, -0.1) is 0 Å². The van der Waals surface area contributed by atoms with Gasteiger partial charge in [-0.3, -0.25) is 4.79 Å². The summed E-state index contributed by atoms with van der Waals surface area (Å²) in [5, 5.41) is 12.1. The van der Waals surface area contributed by atoms with Crippen LogP contribution in [0.15, 0.2) is 50.9 Å². The summed E-state index contributed by atoms with van der Waals surface area (Å²) in [4.78, 5) is 12.4. The molecule has 6 heteroatoms. The number of nitrogens with one attached hydrogen (secondary N) is 1. The van der Waals surface area contributed by atoms with Gasteiger partial charge in [-0.05, 0) is 80.3 Å². The molecule has 0 radical (unpaired) electrons. The van der Waals surface area contributed by atoms with Crippen LogP contribution in [-0.2, 0) is 4.79 Å². The molecule has 0 bridgehead atoms. The van der Waals surface area contributed by atoms with E-state index in [2.05, 4.69) is 37.2 Å². The van der Waals surface area contributed by atoms with Gasteiger partial charge in [-0.25, -0.2) is 0 Å². The van der Waals surface area contributed by atoms with Gasteiger partial charge in [-0.2, -0.15) is 5.26 Å². The van der Waals surface area contributed by atoms with E-state index >= 15 is 0 Å². The number of halogens is 2. The Morgan fingerprint density at radius 3 is 2.50 bits per heavy atom. The summed E-state index contributed by atoms with van der Waals surface area (Å²) in [5.74, 6) is 0.177. The molecule has 1 amide bonds. The number of hydrogen-bond acceptors (Lipinski definition) is 3. The van der Waals surface area contributed by atoms with Gasteiger partial charge in [0.2, 0.25) is 0 Å². The highest BCUT2D eigenvalue weighted by Gasteiger charge is 2.14. The minimum atomic E-state index is -0.481. The molecule has 122 valence electrons. The fraction of sp³-hybridized carbons (Fsp3) is 0.111. The van der Waals surface area contributed by atoms with Crippen molar-refractivity contribution in [2.75, 3.05) is 12.4 Å². The number of hydrogen-bond donors (Lipinski definition) is 1. The van der Waals surface area contributed by atoms with Crippen LogP contribution in [0.3, 0.4) is 0 Å². The van der Waals surface area contributed by atoms with Crippen LogP contribution in [0.5, 0.6) is 5.75 Å². The first-order valence-corrected chi connectivity index (χ1v) is 8.56. The average molecular weight is 450 g/mol. The third-order valence-corrected chi connectivity index (χ3v) is 4.45. The van der Waals surface area contributed by atoms with E-state index in [1.54, 1.807) is 31.4 Å². The molecule has 0 aromatic heterocycles. The van der Waals surface area contributed by atoms with Crippen molar-refractivity contribution in [2.45, 2.75) is 6.92 Å². The van der Waals surface area contributed by atoms with Crippen LogP contribution < -0.4 is 10.1 Å². The molecular weight excluding hydrogens is 436 g/mol. The number of anilines is 1. The van der Waals surface area contributed by atoms with Gasteiger partial charge < -0.3 is 10.1 Å². The number of rotatable bonds is 4. The van der Waals surface area contributed by atoms with E-state index in [9.17, 15) is 10.1 Å². The third kappa shape index (κ3) is 4.47. The molecule has 2 aromatic carbocycles. The zero-order valence-corrected chi connectivity index (χ0v) is 16.2. The number of nitriles is 1. The van der Waals surface area contributed by atoms with Gasteiger partial charge in [0.15, 0.2) is 0 Å². The summed E-state index contributed by atoms with van der Waals surface area (Å²) in [6.45, 7) is 1.95. The second-order valence-electron chi connectivity index (χ2n) is 5.00. The molecule has 2 rings (SSSR count). The van der Waals surface area contributed by atoms with E-state index in [-0.39, 0.29) is 5.57 Å². The molecular formula is C18H14Br2N2O2. The van der Waals surface area contributed by atoms with Crippen LogP contribution >= 0.6 is 31.9 Å². The minimum Gasteiger partial charge on any atom is -0.497 e. The first-order valence-electron chi connectivity index (χ1n) is 6.97. The molecule has 0 aliphatic rings. The Balaban J connectivity index is 2.30. The van der Waals surface area contributed by atoms with Gasteiger partial charge in [-0.1, -0.05) is 12.1 Å². The summed E-state index contributed by atoms with van der Waals surface area (Å²) >= 11 is 6.84. The Kier molecular flexibility index (Phi) is 6.18. The molecule has 4 nitrogen and oxygen atoms in total. The highest BCUT2D eigenvalue weighted by Crippen LogP contribution is 2.32. The highest BCUT2D eigenvalue weighted by atomic mass is 79.9. The fourth-order valence-corrected chi connectivity index (χ4v) is 3.66. The number of amides is 1. The maximum Gasteiger partial charge on any atom is 0.266 e. The molecule has 0 unspecified atom stereocenters. The molecule has 0 heterocycles. The van der Waals surface area contributed by atoms with Gasteiger partial charge in [0, 0.05) is 8.95 Å². The van der Waals surface area contributed by atoms with E-state index < -0.39 is 5.91 Å². The van der Waals surface area contributed by atoms with Crippen molar-refractivity contribution in [3.05, 3.63) is 62.0 Å². The molecule has 0 aliphatic heterocycles. The SMILES string of the molecule is COc1cccc(/C=C(\C#N)C(=O)Nc2c(Br)cc(C)cc2Br)c1. The molecule has 0 aliphatic carbocycles. The van der Waals surface area contributed by atoms with Crippen molar-refractivity contribution in [3.63, 3.8) is 0 Å². The lowest BCUT2D eigenvalue weighted by molar-refractivity contribution is -0.112. The standard InChI is InChI=1S/C18H14Br2N2O2/c1-11-6-15(19)17(16(20)7-11)22-18(23)13(10-21)8-12-4-3-5-14(9-12)24-2/h3-9H,1-2H3,(H,22,23)/b13-8+. The normalized spacial score (nSPS) is 10.9. The zero-order valence-electron chi connectivity index (χ0n) is 13.1. The first kappa shape index (κ1) is 18.2. The summed E-state index contributed by atoms with van der Waals surface area (Å²) in [7, 11) is 1.56. The molecule has 0 fully saturated rings. The lowest BCUT2D eigenvalue weighted by Crippen LogP contribution is -2.14. The number of nitrogens with zero attached hydrogens (tertiary/aromatic N) is 1. The number of aryl methyl sites for hydroxylation is 1. The van der Waals surface area contributed by atoms with Crippen molar-refractivity contribution in [1.82, 2.24) is 0 Å². The second kappa shape index (κ2) is 8.13. The van der Waals surface area contributed by atoms with Crippen LogP contribution in [0.1, 0.15) is 11.1 Å². The summed E-state index contributed by atoms with van der Waals surface area (Å²) < 4.78 is 6.62. The topological polar surface area (TPSA) is 62.1 Å². The van der Waals surface area contributed by atoms with Crippen LogP contribution in [0.4, 0.5) is 5.69 Å². The fourth-order valence-electron chi connectivity index (χ4n) is 2.05. The van der Waals surface area contributed by atoms with E-state index in [0.29, 0.717) is 17.0 Å². The predicted molar refractivity (Wildman–Crippen MR) is 102 cm³/mol. The van der Waals surface area contributed by atoms with Crippen LogP contribution in [0.2, 0.25) is 0 Å². The van der Waals surface area contributed by atoms with Crippen molar-refractivity contribution in [2.24, 2.45) is 0 Å². The molecule has 24 heavy (non-hydrogen) atoms. The van der Waals surface area contributed by atoms with Gasteiger partial charge >= 0.3 is 0 Å². The summed E-state index contributed by atoms with van der Waals surface area (Å²) in [6.07, 6.45) is 1.52. The summed E-state index contributed by atoms with van der Waals surface area (Å²) in [6, 6.07) is 12.9. The number of ether oxygens (including phenoxy) is 1. The van der Waals surface area contributed by atoms with Crippen molar-refractivity contribution < 1.29 is 9.53 Å². The Morgan fingerprint density at radius 1 is 1.25 bits per heavy atom. The molecule has 2 aromatic rings. The van der Waals surface area contributed by atoms with E-state index in [1.165, 1.54) is 6.08 Å². The first-order chi connectivity index (χ1) is 11.4. The Morgan fingerprint density at radius 2 is 1.92 bits per heavy atom. The third-order valence-electron chi connectivity index (χ3n) is 3.19. The maximum absolute atomic E-state index is 12.4. The Hall–Kier alpha value is -2.10. The van der Waals surface area contributed by atoms with E-state index in [0.717, 1.165) is 14.5 Å². The highest BCUT2D eigenvalue weighted by molar-refractivity contribution is 9.11. The number of methoxy groups -OCH3 is 1. The number of carbonyl (C=O) groups is 1. The zero-order chi connectivity index (χ0) is 17.7. The largest absolute Gasteiger partial charge is 0.497 e. The molecule has 0 saturated carbocycles. The molecule has 1 N–H and O–H groups in total. The minimum absolute atomic E-state index is 0.00243. The monoisotopic (exact) mass is 448 g/mol. The summed E-state index contributed by atoms with van der Waals surface area (Å²) in [5.41, 5.74) is 2.34. The van der Waals surface area contributed by atoms with Crippen molar-refractivity contribution >= 4 is 49.5 Å². The van der Waals surface area contributed by atoms with Gasteiger partial charge in [0.1, 0.15) is 17.4 Å². The smallest absolute Gasteiger partial charge is 0.266 e. The maximum atomic E-state index is 12.4. The average Bonchev–Trinajstić information content (AvgIpc) is 2.55. The van der Waals surface area contributed by atoms with Crippen molar-refractivity contribution in [3.8, 4) is 11.8 Å². The molecule has 0 spiro atoms. The second-order valence-corrected chi connectivity index (χ2v) is 6.71. The predicted octanol–water partition coefficient (Wildman–Crippen LogP) is 5.07. The van der Waals surface area contributed by atoms with Gasteiger partial charge in [0.25, 0.3) is 5.91 Å². The molecule has 0 atom stereocenters. The number of carbonyl (C=O) groups excluding carboxylic acids is 1. The Labute approximate surface area is 157 Å². The Bertz CT molecular complexity index is 831. The van der Waals surface area contributed by atoms with E-state index in [1.807, 2.05) is 25.1 Å². The van der Waals surface area contributed by atoms with Gasteiger partial charge in [0.05, 0.1) is 12.8 Å². The van der Waals surface area contributed by atoms with Crippen LogP contribution in [-0.4, -0.2) is 13.0 Å². The van der Waals surface area contributed by atoms with Crippen LogP contribution in [0, 0.1) is 18.3 Å². The lowest BCUT2D eigenvalue weighted by Gasteiger charge is -2.10. The van der Waals surface area contributed by atoms with E-state index in [4.69, 9.17) is 4.74 Å². The number of benzene rings is 2. The lowest BCUT2D eigenvalue weighted by atomic mass is 10.1.